The van der Waals surface area contributed by atoms with Crippen LogP contribution in [-0.4, -0.2) is 24.7 Å². The van der Waals surface area contributed by atoms with Crippen LogP contribution in [0.5, 0.6) is 0 Å². The first-order chi connectivity index (χ1) is 6.76. The molecule has 0 aliphatic carbocycles. The van der Waals surface area contributed by atoms with Gasteiger partial charge in [-0.2, -0.15) is 0 Å². The third-order valence-corrected chi connectivity index (χ3v) is 2.28. The highest BCUT2D eigenvalue weighted by Crippen LogP contribution is 2.11. The van der Waals surface area contributed by atoms with Gasteiger partial charge >= 0.3 is 0 Å². The zero-order valence-corrected chi connectivity index (χ0v) is 9.62. The first-order valence-electron chi connectivity index (χ1n) is 4.30. The zero-order chi connectivity index (χ0) is 10.4. The molecule has 14 heavy (non-hydrogen) atoms. The monoisotopic (exact) mass is 259 g/mol. The third kappa shape index (κ3) is 3.71. The molecular formula is C9H14BrN3O. The lowest BCUT2D eigenvalue weighted by molar-refractivity contribution is 0.166. The van der Waals surface area contributed by atoms with Crippen molar-refractivity contribution in [1.29, 1.82) is 0 Å². The van der Waals surface area contributed by atoms with Gasteiger partial charge in [-0.15, -0.1) is 0 Å². The fraction of sp³-hybridized carbons (Fsp3) is 0.444. The van der Waals surface area contributed by atoms with Crippen LogP contribution in [0.4, 0.5) is 0 Å². The first-order valence-corrected chi connectivity index (χ1v) is 5.10. The fourth-order valence-corrected chi connectivity index (χ4v) is 1.63. The van der Waals surface area contributed by atoms with Crippen LogP contribution in [0.1, 0.15) is 5.56 Å². The van der Waals surface area contributed by atoms with Crippen molar-refractivity contribution in [3.05, 3.63) is 28.5 Å². The van der Waals surface area contributed by atoms with E-state index in [1.54, 1.807) is 13.3 Å². The van der Waals surface area contributed by atoms with E-state index in [4.69, 9.17) is 10.6 Å². The van der Waals surface area contributed by atoms with Gasteiger partial charge in [0.1, 0.15) is 0 Å². The summed E-state index contributed by atoms with van der Waals surface area (Å²) in [5, 5.41) is 0. The van der Waals surface area contributed by atoms with Gasteiger partial charge in [-0.25, -0.2) is 0 Å². The summed E-state index contributed by atoms with van der Waals surface area (Å²) < 4.78 is 6.00. The van der Waals surface area contributed by atoms with Gasteiger partial charge in [-0.3, -0.25) is 16.3 Å². The minimum absolute atomic E-state index is 0.121. The molecule has 1 rings (SSSR count). The number of nitrogens with zero attached hydrogens (tertiary/aromatic N) is 1. The van der Waals surface area contributed by atoms with Crippen LogP contribution < -0.4 is 11.3 Å². The predicted octanol–water partition coefficient (Wildman–Crippen LogP) is 0.865. The Morgan fingerprint density at radius 1 is 1.64 bits per heavy atom. The molecule has 5 heteroatoms. The highest BCUT2D eigenvalue weighted by molar-refractivity contribution is 9.10. The van der Waals surface area contributed by atoms with Gasteiger partial charge in [0.2, 0.25) is 0 Å². The molecule has 0 amide bonds. The number of hydrazine groups is 1. The van der Waals surface area contributed by atoms with Gasteiger partial charge in [-0.05, 0) is 34.0 Å². The number of nitrogens with two attached hydrogens (primary N) is 1. The standard InChI is InChI=1S/C9H14BrN3O/c1-14-6-9(13-11)3-7-2-8(10)5-12-4-7/h2,4-5,9,13H,3,6,11H2,1H3. The largest absolute Gasteiger partial charge is 0.383 e. The Balaban J connectivity index is 2.57. The van der Waals surface area contributed by atoms with Crippen molar-refractivity contribution in [3.63, 3.8) is 0 Å². The number of ether oxygens (including phenoxy) is 1. The number of aromatic nitrogens is 1. The summed E-state index contributed by atoms with van der Waals surface area (Å²) in [6.45, 7) is 0.586. The number of nitrogens with one attached hydrogen (secondary N) is 1. The van der Waals surface area contributed by atoms with Crippen LogP contribution in [0.15, 0.2) is 22.9 Å². The van der Waals surface area contributed by atoms with Gasteiger partial charge in [-0.1, -0.05) is 0 Å². The molecule has 0 radical (unpaired) electrons. The van der Waals surface area contributed by atoms with Gasteiger partial charge in [0, 0.05) is 30.0 Å². The van der Waals surface area contributed by atoms with Crippen LogP contribution in [0.3, 0.4) is 0 Å². The molecule has 1 heterocycles. The maximum absolute atomic E-state index is 5.38. The van der Waals surface area contributed by atoms with Gasteiger partial charge in [0.25, 0.3) is 0 Å². The molecule has 78 valence electrons. The number of methoxy groups -OCH3 is 1. The van der Waals surface area contributed by atoms with Gasteiger partial charge in [0.15, 0.2) is 0 Å². The molecule has 0 saturated carbocycles. The molecular weight excluding hydrogens is 246 g/mol. The summed E-state index contributed by atoms with van der Waals surface area (Å²) in [5.74, 6) is 5.38. The molecule has 1 aromatic heterocycles. The zero-order valence-electron chi connectivity index (χ0n) is 8.03. The van der Waals surface area contributed by atoms with Crippen molar-refractivity contribution in [2.24, 2.45) is 5.84 Å². The van der Waals surface area contributed by atoms with Crippen molar-refractivity contribution in [3.8, 4) is 0 Å². The Morgan fingerprint density at radius 3 is 3.00 bits per heavy atom. The Hall–Kier alpha value is -0.490. The Morgan fingerprint density at radius 2 is 2.43 bits per heavy atom. The van der Waals surface area contributed by atoms with E-state index in [9.17, 15) is 0 Å². The molecule has 1 unspecified atom stereocenters. The Labute approximate surface area is 92.0 Å². The molecule has 3 N–H and O–H groups in total. The summed E-state index contributed by atoms with van der Waals surface area (Å²) in [7, 11) is 1.66. The minimum Gasteiger partial charge on any atom is -0.383 e. The van der Waals surface area contributed by atoms with E-state index in [0.717, 1.165) is 16.5 Å². The van der Waals surface area contributed by atoms with E-state index in [0.29, 0.717) is 6.61 Å². The lowest BCUT2D eigenvalue weighted by Gasteiger charge is -2.14. The van der Waals surface area contributed by atoms with E-state index in [1.165, 1.54) is 0 Å². The van der Waals surface area contributed by atoms with Gasteiger partial charge < -0.3 is 4.74 Å². The van der Waals surface area contributed by atoms with E-state index < -0.39 is 0 Å². The van der Waals surface area contributed by atoms with E-state index >= 15 is 0 Å². The number of hydrogen-bond donors (Lipinski definition) is 2. The maximum Gasteiger partial charge on any atom is 0.0632 e. The summed E-state index contributed by atoms with van der Waals surface area (Å²) in [6, 6.07) is 2.14. The van der Waals surface area contributed by atoms with Crippen molar-refractivity contribution < 1.29 is 4.74 Å². The molecule has 4 nitrogen and oxygen atoms in total. The second-order valence-corrected chi connectivity index (χ2v) is 3.95. The van der Waals surface area contributed by atoms with Crippen LogP contribution in [0.2, 0.25) is 0 Å². The van der Waals surface area contributed by atoms with Crippen molar-refractivity contribution in [1.82, 2.24) is 10.4 Å². The molecule has 1 aromatic rings. The van der Waals surface area contributed by atoms with Gasteiger partial charge in [0.05, 0.1) is 6.61 Å². The van der Waals surface area contributed by atoms with Crippen LogP contribution in [0, 0.1) is 0 Å². The summed E-state index contributed by atoms with van der Waals surface area (Å²) in [4.78, 5) is 4.08. The van der Waals surface area contributed by atoms with Crippen molar-refractivity contribution in [2.75, 3.05) is 13.7 Å². The van der Waals surface area contributed by atoms with E-state index in [2.05, 4.69) is 26.3 Å². The van der Waals surface area contributed by atoms with Crippen LogP contribution in [0.25, 0.3) is 0 Å². The number of rotatable bonds is 5. The third-order valence-electron chi connectivity index (χ3n) is 1.85. The minimum atomic E-state index is 0.121. The quantitative estimate of drug-likeness (QED) is 0.609. The maximum atomic E-state index is 5.38. The Kier molecular flexibility index (Phi) is 5.03. The second-order valence-electron chi connectivity index (χ2n) is 3.03. The first kappa shape index (κ1) is 11.6. The number of halogens is 1. The van der Waals surface area contributed by atoms with E-state index in [1.807, 2.05) is 12.3 Å². The summed E-state index contributed by atoms with van der Waals surface area (Å²) in [6.07, 6.45) is 4.38. The topological polar surface area (TPSA) is 60.2 Å². The fourth-order valence-electron chi connectivity index (χ4n) is 1.22. The molecule has 1 atom stereocenters. The second kappa shape index (κ2) is 6.08. The lowest BCUT2D eigenvalue weighted by atomic mass is 10.1. The molecule has 0 aliphatic rings. The molecule has 0 aromatic carbocycles. The number of pyridine rings is 1. The Bertz CT molecular complexity index is 283. The SMILES string of the molecule is COCC(Cc1cncc(Br)c1)NN. The molecule has 0 spiro atoms. The molecule has 0 bridgehead atoms. The average Bonchev–Trinajstić information content (AvgIpc) is 2.17. The highest BCUT2D eigenvalue weighted by atomic mass is 79.9. The predicted molar refractivity (Wildman–Crippen MR) is 58.6 cm³/mol. The van der Waals surface area contributed by atoms with Crippen molar-refractivity contribution >= 4 is 15.9 Å². The highest BCUT2D eigenvalue weighted by Gasteiger charge is 2.07. The van der Waals surface area contributed by atoms with Crippen LogP contribution >= 0.6 is 15.9 Å². The average molecular weight is 260 g/mol. The van der Waals surface area contributed by atoms with Crippen LogP contribution in [-0.2, 0) is 11.2 Å². The number of hydrogen-bond acceptors (Lipinski definition) is 4. The summed E-state index contributed by atoms with van der Waals surface area (Å²) in [5.41, 5.74) is 3.83. The molecule has 0 saturated heterocycles. The summed E-state index contributed by atoms with van der Waals surface area (Å²) >= 11 is 3.37. The normalized spacial score (nSPS) is 12.8. The smallest absolute Gasteiger partial charge is 0.0632 e. The molecule has 0 fully saturated rings. The van der Waals surface area contributed by atoms with E-state index in [-0.39, 0.29) is 6.04 Å². The molecule has 0 aliphatic heterocycles. The lowest BCUT2D eigenvalue weighted by Crippen LogP contribution is -2.40. The van der Waals surface area contributed by atoms with Crippen molar-refractivity contribution in [2.45, 2.75) is 12.5 Å².